The Morgan fingerprint density at radius 3 is 2.23 bits per heavy atom. The second kappa shape index (κ2) is 7.85. The summed E-state index contributed by atoms with van der Waals surface area (Å²) in [6.07, 6.45) is -1.34. The minimum Gasteiger partial charge on any atom is -0.381 e. The van der Waals surface area contributed by atoms with Crippen LogP contribution in [-0.2, 0) is 15.7 Å². The van der Waals surface area contributed by atoms with Crippen molar-refractivity contribution < 1.29 is 27.5 Å². The first-order valence-corrected chi connectivity index (χ1v) is 10.3. The fourth-order valence-electron chi connectivity index (χ4n) is 4.75. The molecule has 3 saturated heterocycles. The van der Waals surface area contributed by atoms with Crippen LogP contribution in [0.25, 0.3) is 0 Å². The molecule has 1 aromatic carbocycles. The fraction of sp³-hybridized carbons (Fsp3) is 0.619. The van der Waals surface area contributed by atoms with E-state index in [1.165, 1.54) is 17.0 Å². The fourth-order valence-corrected chi connectivity index (χ4v) is 4.75. The topological polar surface area (TPSA) is 53.1 Å². The summed E-state index contributed by atoms with van der Waals surface area (Å²) in [4.78, 5) is 31.0. The second-order valence-corrected chi connectivity index (χ2v) is 8.41. The smallest absolute Gasteiger partial charge is 0.381 e. The normalized spacial score (nSPS) is 23.6. The number of benzene rings is 1. The number of rotatable bonds is 3. The van der Waals surface area contributed by atoms with Crippen LogP contribution in [0.4, 0.5) is 23.7 Å². The van der Waals surface area contributed by atoms with Gasteiger partial charge in [0, 0.05) is 39.9 Å². The van der Waals surface area contributed by atoms with Crippen molar-refractivity contribution in [2.75, 3.05) is 44.8 Å². The average molecular weight is 425 g/mol. The molecular formula is C21H26F3N3O3. The van der Waals surface area contributed by atoms with E-state index in [0.717, 1.165) is 49.6 Å². The zero-order chi connectivity index (χ0) is 21.5. The highest BCUT2D eigenvalue weighted by Crippen LogP contribution is 2.39. The number of ether oxygens (including phenoxy) is 1. The van der Waals surface area contributed by atoms with Crippen LogP contribution in [0.2, 0.25) is 0 Å². The first-order valence-electron chi connectivity index (χ1n) is 10.3. The number of carbonyl (C=O) groups is 2. The molecule has 4 rings (SSSR count). The number of hydrogen-bond acceptors (Lipinski definition) is 4. The Balaban J connectivity index is 1.46. The third-order valence-electron chi connectivity index (χ3n) is 6.71. The van der Waals surface area contributed by atoms with Gasteiger partial charge < -0.3 is 14.5 Å². The monoisotopic (exact) mass is 425 g/mol. The van der Waals surface area contributed by atoms with Crippen LogP contribution in [0.15, 0.2) is 24.3 Å². The Morgan fingerprint density at radius 1 is 1.07 bits per heavy atom. The molecule has 0 unspecified atom stereocenters. The number of alkyl halides is 3. The molecule has 0 atom stereocenters. The Labute approximate surface area is 173 Å². The van der Waals surface area contributed by atoms with Crippen molar-refractivity contribution in [2.24, 2.45) is 5.92 Å². The van der Waals surface area contributed by atoms with Crippen LogP contribution in [0.1, 0.15) is 31.2 Å². The van der Waals surface area contributed by atoms with Crippen LogP contribution in [-0.4, -0.2) is 67.2 Å². The van der Waals surface area contributed by atoms with E-state index in [-0.39, 0.29) is 11.6 Å². The van der Waals surface area contributed by atoms with Gasteiger partial charge in [0.05, 0.1) is 11.3 Å². The summed E-state index contributed by atoms with van der Waals surface area (Å²) < 4.78 is 43.9. The summed E-state index contributed by atoms with van der Waals surface area (Å²) >= 11 is 0. The lowest BCUT2D eigenvalue weighted by atomic mass is 9.85. The number of halogens is 3. The lowest BCUT2D eigenvalue weighted by Crippen LogP contribution is -2.56. The molecule has 30 heavy (non-hydrogen) atoms. The summed E-state index contributed by atoms with van der Waals surface area (Å²) in [6.45, 7) is 3.97. The Morgan fingerprint density at radius 2 is 1.67 bits per heavy atom. The van der Waals surface area contributed by atoms with Crippen molar-refractivity contribution in [3.05, 3.63) is 29.8 Å². The summed E-state index contributed by atoms with van der Waals surface area (Å²) in [5, 5.41) is 0. The number of imide groups is 1. The van der Waals surface area contributed by atoms with Crippen LogP contribution in [0.3, 0.4) is 0 Å². The molecule has 3 aliphatic rings. The van der Waals surface area contributed by atoms with Gasteiger partial charge in [-0.15, -0.1) is 0 Å². The van der Waals surface area contributed by atoms with Crippen molar-refractivity contribution in [1.82, 2.24) is 9.80 Å². The highest BCUT2D eigenvalue weighted by molar-refractivity contribution is 6.23. The molecule has 0 N–H and O–H groups in total. The van der Waals surface area contributed by atoms with Gasteiger partial charge in [0.2, 0.25) is 0 Å². The van der Waals surface area contributed by atoms with Gasteiger partial charge in [-0.1, -0.05) is 0 Å². The van der Waals surface area contributed by atoms with E-state index in [1.54, 1.807) is 7.05 Å². The molecule has 6 nitrogen and oxygen atoms in total. The molecular weight excluding hydrogens is 399 g/mol. The van der Waals surface area contributed by atoms with Crippen LogP contribution in [0, 0.1) is 5.92 Å². The molecule has 9 heteroatoms. The molecule has 0 saturated carbocycles. The molecule has 0 radical (unpaired) electrons. The van der Waals surface area contributed by atoms with Gasteiger partial charge >= 0.3 is 12.2 Å². The molecule has 3 fully saturated rings. The maximum atomic E-state index is 13.3. The van der Waals surface area contributed by atoms with E-state index in [2.05, 4.69) is 4.90 Å². The van der Waals surface area contributed by atoms with E-state index < -0.39 is 23.3 Å². The maximum Gasteiger partial charge on any atom is 0.416 e. The Hall–Kier alpha value is -2.13. The number of carbonyl (C=O) groups excluding carboxylic acids is 2. The number of piperidine rings is 1. The van der Waals surface area contributed by atoms with Crippen molar-refractivity contribution in [1.29, 1.82) is 0 Å². The van der Waals surface area contributed by atoms with Crippen molar-refractivity contribution in [3.63, 3.8) is 0 Å². The zero-order valence-corrected chi connectivity index (χ0v) is 17.0. The van der Waals surface area contributed by atoms with Gasteiger partial charge in [-0.2, -0.15) is 13.2 Å². The second-order valence-electron chi connectivity index (χ2n) is 8.41. The van der Waals surface area contributed by atoms with E-state index >= 15 is 0 Å². The average Bonchev–Trinajstić information content (AvgIpc) is 2.91. The highest BCUT2D eigenvalue weighted by Gasteiger charge is 2.57. The first-order chi connectivity index (χ1) is 14.2. The van der Waals surface area contributed by atoms with Gasteiger partial charge in [0.15, 0.2) is 0 Å². The molecule has 164 valence electrons. The minimum absolute atomic E-state index is 0.173. The predicted molar refractivity (Wildman–Crippen MR) is 104 cm³/mol. The number of amides is 3. The number of anilines is 1. The van der Waals surface area contributed by atoms with Gasteiger partial charge in [-0.05, 0) is 55.9 Å². The summed E-state index contributed by atoms with van der Waals surface area (Å²) in [5.74, 6) is 0.246. The van der Waals surface area contributed by atoms with Crippen molar-refractivity contribution in [2.45, 2.75) is 37.4 Å². The standard InChI is InChI=1S/C21H26F3N3O3/c1-25-19(29)27(17-4-2-16(3-5-17)21(22,23)24)18(28)20(25)8-10-26(11-9-20)14-15-6-12-30-13-7-15/h2-5,15H,6-14H2,1H3. The predicted octanol–water partition coefficient (Wildman–Crippen LogP) is 3.37. The summed E-state index contributed by atoms with van der Waals surface area (Å²) in [7, 11) is 1.61. The lowest BCUT2D eigenvalue weighted by Gasteiger charge is -2.42. The van der Waals surface area contributed by atoms with Crippen molar-refractivity contribution >= 4 is 17.6 Å². The number of likely N-dealkylation sites (N-methyl/N-ethyl adjacent to an activating group) is 1. The Kier molecular flexibility index (Phi) is 5.52. The SMILES string of the molecule is CN1C(=O)N(c2ccc(C(F)(F)F)cc2)C(=O)C12CCN(CC1CCOCC1)CC2. The summed E-state index contributed by atoms with van der Waals surface area (Å²) in [5.41, 5.74) is -1.56. The van der Waals surface area contributed by atoms with E-state index in [0.29, 0.717) is 31.8 Å². The van der Waals surface area contributed by atoms with Crippen molar-refractivity contribution in [3.8, 4) is 0 Å². The molecule has 3 amide bonds. The van der Waals surface area contributed by atoms with Crippen LogP contribution < -0.4 is 4.90 Å². The molecule has 0 aliphatic carbocycles. The molecule has 3 heterocycles. The molecule has 0 aromatic heterocycles. The third kappa shape index (κ3) is 3.69. The van der Waals surface area contributed by atoms with E-state index in [1.807, 2.05) is 0 Å². The summed E-state index contributed by atoms with van der Waals surface area (Å²) in [6, 6.07) is 3.68. The van der Waals surface area contributed by atoms with E-state index in [9.17, 15) is 22.8 Å². The molecule has 0 bridgehead atoms. The van der Waals surface area contributed by atoms with Gasteiger partial charge in [-0.25, -0.2) is 9.69 Å². The zero-order valence-electron chi connectivity index (χ0n) is 17.0. The molecule has 1 aromatic rings. The number of likely N-dealkylation sites (tertiary alicyclic amines) is 1. The molecule has 1 spiro atoms. The number of urea groups is 1. The quantitative estimate of drug-likeness (QED) is 0.697. The number of hydrogen-bond donors (Lipinski definition) is 0. The third-order valence-corrected chi connectivity index (χ3v) is 6.71. The first kappa shape index (κ1) is 21.1. The lowest BCUT2D eigenvalue weighted by molar-refractivity contribution is -0.137. The van der Waals surface area contributed by atoms with Gasteiger partial charge in [0.25, 0.3) is 5.91 Å². The highest BCUT2D eigenvalue weighted by atomic mass is 19.4. The largest absolute Gasteiger partial charge is 0.416 e. The van der Waals surface area contributed by atoms with Gasteiger partial charge in [0.1, 0.15) is 5.54 Å². The van der Waals surface area contributed by atoms with Crippen LogP contribution in [0.5, 0.6) is 0 Å². The Bertz CT molecular complexity index is 798. The van der Waals surface area contributed by atoms with E-state index in [4.69, 9.17) is 4.74 Å². The minimum atomic E-state index is -4.47. The van der Waals surface area contributed by atoms with Crippen LogP contribution >= 0.6 is 0 Å². The number of nitrogens with zero attached hydrogens (tertiary/aromatic N) is 3. The molecule has 3 aliphatic heterocycles. The maximum absolute atomic E-state index is 13.3. The van der Waals surface area contributed by atoms with Gasteiger partial charge in [-0.3, -0.25) is 4.79 Å².